The molecule has 0 bridgehead atoms. The molecule has 1 N–H and O–H groups in total. The van der Waals surface area contributed by atoms with E-state index in [1.165, 1.54) is 6.07 Å². The summed E-state index contributed by atoms with van der Waals surface area (Å²) in [7, 11) is 0. The maximum Gasteiger partial charge on any atom is 0.433 e. The Morgan fingerprint density at radius 2 is 2.00 bits per heavy atom. The topological polar surface area (TPSA) is 77.8 Å². The van der Waals surface area contributed by atoms with Gasteiger partial charge in [-0.05, 0) is 37.6 Å². The quantitative estimate of drug-likeness (QED) is 0.639. The van der Waals surface area contributed by atoms with Crippen LogP contribution in [0, 0.1) is 12.3 Å². The van der Waals surface area contributed by atoms with Gasteiger partial charge in [-0.1, -0.05) is 12.8 Å². The summed E-state index contributed by atoms with van der Waals surface area (Å²) >= 11 is 0. The molecule has 160 valence electrons. The fourth-order valence-corrected chi connectivity index (χ4v) is 3.03. The molecule has 1 aliphatic rings. The maximum atomic E-state index is 13.8. The van der Waals surface area contributed by atoms with Crippen molar-refractivity contribution < 1.29 is 27.4 Å². The average Bonchev–Trinajstić information content (AvgIpc) is 3.38. The molecule has 1 atom stereocenters. The molecular weight excluding hydrogens is 413 g/mol. The van der Waals surface area contributed by atoms with Crippen molar-refractivity contribution in [3.8, 4) is 35.1 Å². The summed E-state index contributed by atoms with van der Waals surface area (Å²) in [6, 6.07) is 6.78. The van der Waals surface area contributed by atoms with E-state index in [-0.39, 0.29) is 23.8 Å². The number of halogens is 3. The van der Waals surface area contributed by atoms with Gasteiger partial charge < -0.3 is 14.8 Å². The Kier molecular flexibility index (Phi) is 4.76. The molecule has 1 unspecified atom stereocenters. The largest absolute Gasteiger partial charge is 0.454 e. The van der Waals surface area contributed by atoms with E-state index in [0.29, 0.717) is 28.0 Å². The lowest BCUT2D eigenvalue weighted by Gasteiger charge is -2.22. The molecule has 0 fully saturated rings. The number of terminal acetylenes is 1. The number of carbonyl (C=O) groups excluding carboxylic acids is 1. The van der Waals surface area contributed by atoms with Crippen LogP contribution in [0.5, 0.6) is 11.5 Å². The Morgan fingerprint density at radius 3 is 2.68 bits per heavy atom. The van der Waals surface area contributed by atoms with E-state index in [9.17, 15) is 18.0 Å². The first-order valence-corrected chi connectivity index (χ1v) is 9.32. The van der Waals surface area contributed by atoms with Gasteiger partial charge in [-0.25, -0.2) is 9.50 Å². The zero-order chi connectivity index (χ0) is 22.4. The van der Waals surface area contributed by atoms with Crippen molar-refractivity contribution in [3.63, 3.8) is 0 Å². The van der Waals surface area contributed by atoms with Crippen LogP contribution < -0.4 is 14.8 Å². The van der Waals surface area contributed by atoms with Crippen molar-refractivity contribution in [1.29, 1.82) is 0 Å². The molecule has 1 amide bonds. The van der Waals surface area contributed by atoms with E-state index >= 15 is 0 Å². The van der Waals surface area contributed by atoms with Gasteiger partial charge in [-0.2, -0.15) is 18.3 Å². The second-order valence-electron chi connectivity index (χ2n) is 7.18. The van der Waals surface area contributed by atoms with Crippen LogP contribution in [-0.2, 0) is 6.18 Å². The highest BCUT2D eigenvalue weighted by Gasteiger charge is 2.36. The number of rotatable bonds is 4. The fraction of sp³-hybridized carbons (Fsp3) is 0.286. The Labute approximate surface area is 175 Å². The number of nitrogens with one attached hydrogen (secondary N) is 1. The second kappa shape index (κ2) is 7.19. The monoisotopic (exact) mass is 430 g/mol. The van der Waals surface area contributed by atoms with Crippen LogP contribution >= 0.6 is 0 Å². The van der Waals surface area contributed by atoms with Crippen LogP contribution in [0.3, 0.4) is 0 Å². The molecule has 0 aliphatic carbocycles. The molecular formula is C21H17F3N4O3. The Bertz CT molecular complexity index is 1230. The van der Waals surface area contributed by atoms with Gasteiger partial charge in [0.25, 0.3) is 5.91 Å². The van der Waals surface area contributed by atoms with E-state index in [4.69, 9.17) is 15.9 Å². The van der Waals surface area contributed by atoms with Crippen molar-refractivity contribution in [3.05, 3.63) is 41.7 Å². The number of alkyl halides is 3. The number of benzene rings is 1. The summed E-state index contributed by atoms with van der Waals surface area (Å²) in [5, 5.41) is 6.45. The van der Waals surface area contributed by atoms with Gasteiger partial charge in [0.05, 0.1) is 11.2 Å². The standard InChI is InChI=1S/C21H17F3N4O3/c1-4-20(3,5-2)26-19(29)14-10-18-25-13(9-17(21(22,23)24)28(18)27-14)12-6-7-15-16(8-12)31-11-30-15/h1,6-10H,5,11H2,2-3H3,(H,26,29). The van der Waals surface area contributed by atoms with E-state index in [2.05, 4.69) is 21.3 Å². The van der Waals surface area contributed by atoms with Crippen molar-refractivity contribution in [2.45, 2.75) is 32.0 Å². The highest BCUT2D eigenvalue weighted by molar-refractivity contribution is 5.94. The van der Waals surface area contributed by atoms with E-state index in [1.807, 2.05) is 0 Å². The summed E-state index contributed by atoms with van der Waals surface area (Å²) < 4.78 is 52.4. The summed E-state index contributed by atoms with van der Waals surface area (Å²) in [5.41, 5.74) is -1.94. The third-order valence-corrected chi connectivity index (χ3v) is 5.03. The smallest absolute Gasteiger partial charge is 0.433 e. The first-order chi connectivity index (χ1) is 14.6. The number of hydrogen-bond acceptors (Lipinski definition) is 5. The minimum absolute atomic E-state index is 0.0362. The molecule has 0 saturated heterocycles. The summed E-state index contributed by atoms with van der Waals surface area (Å²) in [6.45, 7) is 3.46. The summed E-state index contributed by atoms with van der Waals surface area (Å²) in [4.78, 5) is 16.8. The number of aromatic nitrogens is 3. The molecule has 4 rings (SSSR count). The molecule has 0 spiro atoms. The number of carbonyl (C=O) groups is 1. The molecule has 3 aromatic rings. The van der Waals surface area contributed by atoms with Crippen molar-refractivity contribution >= 4 is 11.6 Å². The van der Waals surface area contributed by atoms with Gasteiger partial charge in [0, 0.05) is 11.6 Å². The number of nitrogens with zero attached hydrogens (tertiary/aromatic N) is 3. The van der Waals surface area contributed by atoms with Gasteiger partial charge in [-0.3, -0.25) is 4.79 Å². The van der Waals surface area contributed by atoms with E-state index < -0.39 is 23.3 Å². The van der Waals surface area contributed by atoms with E-state index in [0.717, 1.165) is 6.07 Å². The third kappa shape index (κ3) is 3.74. The van der Waals surface area contributed by atoms with Crippen LogP contribution in [0.25, 0.3) is 16.9 Å². The zero-order valence-electron chi connectivity index (χ0n) is 16.6. The summed E-state index contributed by atoms with van der Waals surface area (Å²) in [6.07, 6.45) is 1.15. The molecule has 0 radical (unpaired) electrons. The van der Waals surface area contributed by atoms with Crippen LogP contribution in [0.15, 0.2) is 30.3 Å². The fourth-order valence-electron chi connectivity index (χ4n) is 3.03. The van der Waals surface area contributed by atoms with E-state index in [1.54, 1.807) is 32.0 Å². The molecule has 1 aliphatic heterocycles. The van der Waals surface area contributed by atoms with Gasteiger partial charge in [0.15, 0.2) is 28.5 Å². The van der Waals surface area contributed by atoms with Crippen molar-refractivity contribution in [2.75, 3.05) is 6.79 Å². The molecule has 1 aromatic carbocycles. The normalized spacial score (nSPS) is 14.8. The molecule has 3 heterocycles. The molecule has 7 nitrogen and oxygen atoms in total. The predicted molar refractivity (Wildman–Crippen MR) is 105 cm³/mol. The highest BCUT2D eigenvalue weighted by atomic mass is 19.4. The lowest BCUT2D eigenvalue weighted by atomic mass is 10.0. The SMILES string of the molecule is C#CC(C)(CC)NC(=O)c1cc2nc(-c3ccc4c(c3)OCO4)cc(C(F)(F)F)n2n1. The maximum absolute atomic E-state index is 13.8. The Hall–Kier alpha value is -3.74. The van der Waals surface area contributed by atoms with Crippen molar-refractivity contribution in [2.24, 2.45) is 0 Å². The van der Waals surface area contributed by atoms with Gasteiger partial charge in [0.2, 0.25) is 6.79 Å². The van der Waals surface area contributed by atoms with Crippen LogP contribution in [0.2, 0.25) is 0 Å². The molecule has 31 heavy (non-hydrogen) atoms. The lowest BCUT2D eigenvalue weighted by Crippen LogP contribution is -2.44. The lowest BCUT2D eigenvalue weighted by molar-refractivity contribution is -0.142. The van der Waals surface area contributed by atoms with Crippen molar-refractivity contribution in [1.82, 2.24) is 19.9 Å². The number of fused-ring (bicyclic) bond motifs is 2. The molecule has 2 aromatic heterocycles. The zero-order valence-corrected chi connectivity index (χ0v) is 16.6. The minimum atomic E-state index is -4.73. The number of amides is 1. The van der Waals surface area contributed by atoms with Gasteiger partial charge >= 0.3 is 6.18 Å². The highest BCUT2D eigenvalue weighted by Crippen LogP contribution is 2.37. The van der Waals surface area contributed by atoms with Crippen LogP contribution in [-0.4, -0.2) is 32.8 Å². The van der Waals surface area contributed by atoms with Crippen LogP contribution in [0.1, 0.15) is 36.5 Å². The van der Waals surface area contributed by atoms with Gasteiger partial charge in [-0.15, -0.1) is 6.42 Å². The number of hydrogen-bond donors (Lipinski definition) is 1. The Balaban J connectivity index is 1.81. The molecule has 0 saturated carbocycles. The number of ether oxygens (including phenoxy) is 2. The third-order valence-electron chi connectivity index (χ3n) is 5.03. The first-order valence-electron chi connectivity index (χ1n) is 9.32. The predicted octanol–water partition coefficient (Wildman–Crippen LogP) is 3.68. The first kappa shape index (κ1) is 20.5. The van der Waals surface area contributed by atoms with Gasteiger partial charge in [0.1, 0.15) is 0 Å². The second-order valence-corrected chi connectivity index (χ2v) is 7.18. The Morgan fingerprint density at radius 1 is 1.26 bits per heavy atom. The molecule has 10 heteroatoms. The average molecular weight is 430 g/mol. The van der Waals surface area contributed by atoms with Crippen LogP contribution in [0.4, 0.5) is 13.2 Å². The summed E-state index contributed by atoms with van der Waals surface area (Å²) in [5.74, 6) is 2.68. The minimum Gasteiger partial charge on any atom is -0.454 e.